The van der Waals surface area contributed by atoms with Gasteiger partial charge in [0.25, 0.3) is 0 Å². The molecule has 0 amide bonds. The molecule has 0 unspecified atom stereocenters. The van der Waals surface area contributed by atoms with Gasteiger partial charge in [-0.25, -0.2) is 0 Å². The van der Waals surface area contributed by atoms with Gasteiger partial charge in [-0.1, -0.05) is 0 Å². The molecule has 0 aromatic heterocycles. The highest BCUT2D eigenvalue weighted by Gasteiger charge is 2.12. The van der Waals surface area contributed by atoms with Gasteiger partial charge in [0.05, 0.1) is 26.1 Å². The molecule has 0 aromatic carbocycles. The van der Waals surface area contributed by atoms with Crippen LogP contribution in [-0.2, 0) is 19.1 Å². The third-order valence-electron chi connectivity index (χ3n) is 5.25. The Labute approximate surface area is 169 Å². The van der Waals surface area contributed by atoms with Crippen molar-refractivity contribution in [2.45, 2.75) is 38.5 Å². The lowest BCUT2D eigenvalue weighted by molar-refractivity contribution is -0.145. The van der Waals surface area contributed by atoms with Gasteiger partial charge in [-0.3, -0.25) is 9.59 Å². The summed E-state index contributed by atoms with van der Waals surface area (Å²) in [6.07, 6.45) is 4.67. The van der Waals surface area contributed by atoms with Gasteiger partial charge in [-0.15, -0.1) is 0 Å². The highest BCUT2D eigenvalue weighted by molar-refractivity contribution is 5.69. The molecular weight excluding hydrogens is 360 g/mol. The first-order valence-electron chi connectivity index (χ1n) is 10.9. The van der Waals surface area contributed by atoms with Gasteiger partial charge in [0.2, 0.25) is 0 Å². The van der Waals surface area contributed by atoms with Gasteiger partial charge in [-0.05, 0) is 25.7 Å². The molecule has 162 valence electrons. The van der Waals surface area contributed by atoms with Crippen molar-refractivity contribution >= 4 is 11.9 Å². The van der Waals surface area contributed by atoms with Gasteiger partial charge >= 0.3 is 11.9 Å². The summed E-state index contributed by atoms with van der Waals surface area (Å²) in [7, 11) is 0. The number of hydrogen-bond acceptors (Lipinski definition) is 8. The number of nitrogens with zero attached hydrogens (tertiary/aromatic N) is 2. The Kier molecular flexibility index (Phi) is 12.1. The minimum absolute atomic E-state index is 0.100. The van der Waals surface area contributed by atoms with Crippen LogP contribution in [0.5, 0.6) is 0 Å². The van der Waals surface area contributed by atoms with E-state index in [0.717, 1.165) is 91.1 Å². The van der Waals surface area contributed by atoms with Crippen LogP contribution in [-0.4, -0.2) is 100 Å². The van der Waals surface area contributed by atoms with Gasteiger partial charge in [0, 0.05) is 65.4 Å². The van der Waals surface area contributed by atoms with Crippen LogP contribution in [0.2, 0.25) is 0 Å². The summed E-state index contributed by atoms with van der Waals surface area (Å²) in [5.41, 5.74) is 0. The lowest BCUT2D eigenvalue weighted by Gasteiger charge is -2.26. The van der Waals surface area contributed by atoms with Crippen molar-refractivity contribution in [1.82, 2.24) is 20.4 Å². The van der Waals surface area contributed by atoms with E-state index >= 15 is 0 Å². The topological polar surface area (TPSA) is 83.1 Å². The van der Waals surface area contributed by atoms with Crippen molar-refractivity contribution in [1.29, 1.82) is 0 Å². The summed E-state index contributed by atoms with van der Waals surface area (Å²) >= 11 is 0. The SMILES string of the molecule is O=C(CCN1CCNCC1)OCCCCCCOC(=O)CCN1CCNCC1. The van der Waals surface area contributed by atoms with E-state index in [2.05, 4.69) is 20.4 Å². The van der Waals surface area contributed by atoms with Gasteiger partial charge in [0.15, 0.2) is 0 Å². The smallest absolute Gasteiger partial charge is 0.307 e. The summed E-state index contributed by atoms with van der Waals surface area (Å²) < 4.78 is 10.6. The molecule has 2 aliphatic heterocycles. The molecule has 2 saturated heterocycles. The second-order valence-corrected chi connectivity index (χ2v) is 7.54. The molecule has 8 nitrogen and oxygen atoms in total. The maximum atomic E-state index is 11.7. The summed E-state index contributed by atoms with van der Waals surface area (Å²) in [4.78, 5) is 28.1. The molecule has 0 aromatic rings. The van der Waals surface area contributed by atoms with Crippen LogP contribution >= 0.6 is 0 Å². The standard InChI is InChI=1S/C20H38N4O4/c25-19(5-11-23-13-7-21-8-14-23)27-17-3-1-2-4-18-28-20(26)6-12-24-15-9-22-10-16-24/h21-22H,1-18H2. The van der Waals surface area contributed by atoms with E-state index in [-0.39, 0.29) is 11.9 Å². The predicted molar refractivity (Wildman–Crippen MR) is 108 cm³/mol. The lowest BCUT2D eigenvalue weighted by atomic mass is 10.2. The molecular formula is C20H38N4O4. The number of carbonyl (C=O) groups is 2. The average molecular weight is 399 g/mol. The molecule has 8 heteroatoms. The monoisotopic (exact) mass is 398 g/mol. The third-order valence-corrected chi connectivity index (χ3v) is 5.25. The fourth-order valence-electron chi connectivity index (χ4n) is 3.44. The number of unbranched alkanes of at least 4 members (excludes halogenated alkanes) is 3. The van der Waals surface area contributed by atoms with E-state index in [1.165, 1.54) is 0 Å². The Morgan fingerprint density at radius 2 is 1.04 bits per heavy atom. The minimum atomic E-state index is -0.100. The predicted octanol–water partition coefficient (Wildman–Crippen LogP) is 0.224. The Balaban J connectivity index is 1.33. The number of carbonyl (C=O) groups excluding carboxylic acids is 2. The highest BCUT2D eigenvalue weighted by Crippen LogP contribution is 2.03. The van der Waals surface area contributed by atoms with Gasteiger partial charge in [-0.2, -0.15) is 0 Å². The summed E-state index contributed by atoms with van der Waals surface area (Å²) in [5, 5.41) is 6.60. The molecule has 28 heavy (non-hydrogen) atoms. The average Bonchev–Trinajstić information content (AvgIpc) is 2.74. The normalized spacial score (nSPS) is 18.7. The molecule has 2 rings (SSSR count). The van der Waals surface area contributed by atoms with Crippen molar-refractivity contribution in [3.05, 3.63) is 0 Å². The van der Waals surface area contributed by atoms with E-state index in [1.807, 2.05) is 0 Å². The van der Waals surface area contributed by atoms with E-state index in [9.17, 15) is 9.59 Å². The molecule has 0 saturated carbocycles. The molecule has 0 aliphatic carbocycles. The van der Waals surface area contributed by atoms with Crippen LogP contribution in [0.4, 0.5) is 0 Å². The lowest BCUT2D eigenvalue weighted by Crippen LogP contribution is -2.44. The first-order valence-corrected chi connectivity index (χ1v) is 10.9. The summed E-state index contributed by atoms with van der Waals surface area (Å²) in [5.74, 6) is -0.200. The Bertz CT molecular complexity index is 398. The van der Waals surface area contributed by atoms with Crippen LogP contribution in [0.25, 0.3) is 0 Å². The number of piperazine rings is 2. The second-order valence-electron chi connectivity index (χ2n) is 7.54. The zero-order chi connectivity index (χ0) is 19.9. The largest absolute Gasteiger partial charge is 0.466 e. The number of esters is 2. The highest BCUT2D eigenvalue weighted by atomic mass is 16.5. The van der Waals surface area contributed by atoms with Crippen molar-refractivity contribution in [2.75, 3.05) is 78.7 Å². The van der Waals surface area contributed by atoms with Crippen LogP contribution < -0.4 is 10.6 Å². The van der Waals surface area contributed by atoms with Gasteiger partial charge < -0.3 is 29.9 Å². The second kappa shape index (κ2) is 14.7. The van der Waals surface area contributed by atoms with E-state index in [1.54, 1.807) is 0 Å². The quantitative estimate of drug-likeness (QED) is 0.337. The van der Waals surface area contributed by atoms with Crippen molar-refractivity contribution in [2.24, 2.45) is 0 Å². The molecule has 2 fully saturated rings. The van der Waals surface area contributed by atoms with E-state index in [4.69, 9.17) is 9.47 Å². The number of nitrogens with one attached hydrogen (secondary N) is 2. The van der Waals surface area contributed by atoms with Crippen LogP contribution in [0.15, 0.2) is 0 Å². The van der Waals surface area contributed by atoms with Gasteiger partial charge in [0.1, 0.15) is 0 Å². The fraction of sp³-hybridized carbons (Fsp3) is 0.900. The molecule has 0 spiro atoms. The molecule has 2 aliphatic rings. The molecule has 0 atom stereocenters. The summed E-state index contributed by atoms with van der Waals surface area (Å²) in [6, 6.07) is 0. The van der Waals surface area contributed by atoms with E-state index < -0.39 is 0 Å². The maximum Gasteiger partial charge on any atom is 0.307 e. The van der Waals surface area contributed by atoms with Crippen molar-refractivity contribution in [3.63, 3.8) is 0 Å². The third kappa shape index (κ3) is 10.9. The van der Waals surface area contributed by atoms with Crippen molar-refractivity contribution in [3.8, 4) is 0 Å². The molecule has 0 bridgehead atoms. The Morgan fingerprint density at radius 1 is 0.643 bits per heavy atom. The first kappa shape index (κ1) is 23.1. The number of rotatable bonds is 13. The van der Waals surface area contributed by atoms with Crippen LogP contribution in [0.3, 0.4) is 0 Å². The maximum absolute atomic E-state index is 11.7. The molecule has 2 heterocycles. The molecule has 0 radical (unpaired) electrons. The fourth-order valence-corrected chi connectivity index (χ4v) is 3.44. The number of hydrogen-bond donors (Lipinski definition) is 2. The summed E-state index contributed by atoms with van der Waals surface area (Å²) in [6.45, 7) is 10.6. The number of ether oxygens (including phenoxy) is 2. The van der Waals surface area contributed by atoms with E-state index in [0.29, 0.717) is 26.1 Å². The Hall–Kier alpha value is -1.22. The van der Waals surface area contributed by atoms with Crippen LogP contribution in [0, 0.1) is 0 Å². The zero-order valence-corrected chi connectivity index (χ0v) is 17.3. The first-order chi connectivity index (χ1) is 13.7. The Morgan fingerprint density at radius 3 is 1.43 bits per heavy atom. The van der Waals surface area contributed by atoms with Crippen LogP contribution in [0.1, 0.15) is 38.5 Å². The zero-order valence-electron chi connectivity index (χ0n) is 17.3. The minimum Gasteiger partial charge on any atom is -0.466 e. The van der Waals surface area contributed by atoms with Crippen molar-refractivity contribution < 1.29 is 19.1 Å². The molecule has 2 N–H and O–H groups in total.